The Morgan fingerprint density at radius 3 is 2.33 bits per heavy atom. The molecule has 1 aromatic carbocycles. The fourth-order valence-corrected chi connectivity index (χ4v) is 3.86. The van der Waals surface area contributed by atoms with E-state index < -0.39 is 32.8 Å². The fourth-order valence-electron chi connectivity index (χ4n) is 2.06. The van der Waals surface area contributed by atoms with Crippen molar-refractivity contribution in [3.63, 3.8) is 0 Å². The van der Waals surface area contributed by atoms with Crippen LogP contribution < -0.4 is 0 Å². The number of benzene rings is 1. The van der Waals surface area contributed by atoms with Crippen LogP contribution >= 0.6 is 11.6 Å². The normalized spacial score (nSPS) is 23.4. The van der Waals surface area contributed by atoms with E-state index >= 15 is 0 Å². The number of β-amino-alcohol motifs (C(OH)–C–C–N with tert-alkyl or cyclic N) is 2. The van der Waals surface area contributed by atoms with Gasteiger partial charge in [-0.1, -0.05) is 11.6 Å². The van der Waals surface area contributed by atoms with Crippen molar-refractivity contribution in [2.75, 3.05) is 13.1 Å². The average Bonchev–Trinajstić information content (AvgIpc) is 2.73. The van der Waals surface area contributed by atoms with Crippen molar-refractivity contribution in [2.24, 2.45) is 0 Å². The van der Waals surface area contributed by atoms with Gasteiger partial charge in [0.05, 0.1) is 27.0 Å². The molecule has 1 heterocycles. The van der Waals surface area contributed by atoms with Gasteiger partial charge >= 0.3 is 0 Å². The first-order valence-corrected chi connectivity index (χ1v) is 7.77. The van der Waals surface area contributed by atoms with Gasteiger partial charge in [-0.15, -0.1) is 0 Å². The summed E-state index contributed by atoms with van der Waals surface area (Å²) in [6, 6.07) is 2.05. The highest BCUT2D eigenvalue weighted by atomic mass is 35.5. The molecule has 2 rings (SSSR count). The molecule has 1 aromatic rings. The lowest BCUT2D eigenvalue weighted by Gasteiger charge is -2.16. The van der Waals surface area contributed by atoms with Crippen molar-refractivity contribution >= 4 is 27.3 Å². The van der Waals surface area contributed by atoms with Crippen LogP contribution in [0.5, 0.6) is 0 Å². The van der Waals surface area contributed by atoms with Gasteiger partial charge in [0, 0.05) is 24.7 Å². The highest BCUT2D eigenvalue weighted by Gasteiger charge is 2.38. The molecule has 10 heteroatoms. The predicted molar refractivity (Wildman–Crippen MR) is 73.6 cm³/mol. The summed E-state index contributed by atoms with van der Waals surface area (Å²) in [6.07, 6.45) is -2.37. The fraction of sp³-hybridized carbons (Fsp3) is 0.455. The van der Waals surface area contributed by atoms with Gasteiger partial charge in [-0.25, -0.2) is 8.42 Å². The smallest absolute Gasteiger partial charge is 0.275 e. The lowest BCUT2D eigenvalue weighted by molar-refractivity contribution is -0.385. The highest BCUT2D eigenvalue weighted by molar-refractivity contribution is 7.89. The molecule has 0 aromatic heterocycles. The van der Waals surface area contributed by atoms with Gasteiger partial charge < -0.3 is 10.2 Å². The van der Waals surface area contributed by atoms with Gasteiger partial charge in [0.25, 0.3) is 5.69 Å². The standard InChI is InChI=1S/C11H13ClN2O6S/c1-6-8(12)2-7(3-9(6)14(17)18)21(19,20)13-4-10(15)11(16)5-13/h2-3,10-11,15-16H,4-5H2,1H3. The minimum Gasteiger partial charge on any atom is -0.389 e. The van der Waals surface area contributed by atoms with Crippen LogP contribution in [0, 0.1) is 17.0 Å². The molecule has 1 aliphatic rings. The van der Waals surface area contributed by atoms with Gasteiger partial charge in [-0.3, -0.25) is 10.1 Å². The van der Waals surface area contributed by atoms with Crippen LogP contribution in [0.15, 0.2) is 17.0 Å². The van der Waals surface area contributed by atoms with E-state index in [0.717, 1.165) is 16.4 Å². The summed E-state index contributed by atoms with van der Waals surface area (Å²) in [5, 5.41) is 29.8. The Morgan fingerprint density at radius 1 is 1.33 bits per heavy atom. The molecule has 1 saturated heterocycles. The number of halogens is 1. The summed E-state index contributed by atoms with van der Waals surface area (Å²) >= 11 is 5.85. The molecule has 0 bridgehead atoms. The number of hydrogen-bond donors (Lipinski definition) is 2. The molecule has 2 unspecified atom stereocenters. The second kappa shape index (κ2) is 5.50. The van der Waals surface area contributed by atoms with Crippen LogP contribution in [-0.2, 0) is 10.0 Å². The molecular weight excluding hydrogens is 324 g/mol. The van der Waals surface area contributed by atoms with Gasteiger partial charge in [0.1, 0.15) is 0 Å². The Hall–Kier alpha value is -1.26. The first-order chi connectivity index (χ1) is 9.64. The number of sulfonamides is 1. The molecule has 0 radical (unpaired) electrons. The van der Waals surface area contributed by atoms with E-state index in [2.05, 4.69) is 0 Å². The van der Waals surface area contributed by atoms with Crippen LogP contribution in [-0.4, -0.2) is 53.2 Å². The number of nitrogens with zero attached hydrogens (tertiary/aromatic N) is 2. The van der Waals surface area contributed by atoms with Crippen LogP contribution in [0.25, 0.3) is 0 Å². The van der Waals surface area contributed by atoms with E-state index in [0.29, 0.717) is 0 Å². The minimum absolute atomic E-state index is 0.0388. The molecule has 116 valence electrons. The summed E-state index contributed by atoms with van der Waals surface area (Å²) in [4.78, 5) is 9.88. The van der Waals surface area contributed by atoms with Gasteiger partial charge in [-0.2, -0.15) is 4.31 Å². The number of hydrogen-bond acceptors (Lipinski definition) is 6. The lowest BCUT2D eigenvalue weighted by atomic mass is 10.2. The number of aliphatic hydroxyl groups is 2. The van der Waals surface area contributed by atoms with E-state index in [-0.39, 0.29) is 28.6 Å². The Bertz CT molecular complexity index is 682. The zero-order chi connectivity index (χ0) is 15.9. The second-order valence-electron chi connectivity index (χ2n) is 4.76. The average molecular weight is 337 g/mol. The van der Waals surface area contributed by atoms with Gasteiger partial charge in [0.2, 0.25) is 10.0 Å². The SMILES string of the molecule is Cc1c(Cl)cc(S(=O)(=O)N2CC(O)C(O)C2)cc1[N+](=O)[O-]. The maximum absolute atomic E-state index is 12.4. The van der Waals surface area contributed by atoms with E-state index in [1.165, 1.54) is 6.92 Å². The van der Waals surface area contributed by atoms with Crippen molar-refractivity contribution in [1.29, 1.82) is 0 Å². The molecule has 2 atom stereocenters. The zero-order valence-corrected chi connectivity index (χ0v) is 12.5. The third kappa shape index (κ3) is 2.87. The number of rotatable bonds is 3. The molecule has 1 fully saturated rings. The van der Waals surface area contributed by atoms with Crippen molar-refractivity contribution in [3.05, 3.63) is 32.8 Å². The number of nitro groups is 1. The van der Waals surface area contributed by atoms with E-state index in [1.807, 2.05) is 0 Å². The summed E-state index contributed by atoms with van der Waals surface area (Å²) in [5.41, 5.74) is -0.233. The summed E-state index contributed by atoms with van der Waals surface area (Å²) in [5.74, 6) is 0. The molecular formula is C11H13ClN2O6S. The van der Waals surface area contributed by atoms with E-state index in [1.54, 1.807) is 0 Å². The monoisotopic (exact) mass is 336 g/mol. The number of aliphatic hydroxyl groups excluding tert-OH is 2. The quantitative estimate of drug-likeness (QED) is 0.604. The third-order valence-corrected chi connectivity index (χ3v) is 5.55. The topological polar surface area (TPSA) is 121 Å². The Morgan fingerprint density at radius 2 is 1.86 bits per heavy atom. The first-order valence-electron chi connectivity index (χ1n) is 5.95. The minimum atomic E-state index is -4.08. The van der Waals surface area contributed by atoms with Crippen LogP contribution in [0.4, 0.5) is 5.69 Å². The summed E-state index contributed by atoms with van der Waals surface area (Å²) in [6.45, 7) is 0.867. The van der Waals surface area contributed by atoms with Gasteiger partial charge in [0.15, 0.2) is 0 Å². The molecule has 21 heavy (non-hydrogen) atoms. The molecule has 1 aliphatic heterocycles. The zero-order valence-electron chi connectivity index (χ0n) is 10.9. The van der Waals surface area contributed by atoms with E-state index in [9.17, 15) is 28.7 Å². The maximum Gasteiger partial charge on any atom is 0.275 e. The molecule has 0 amide bonds. The second-order valence-corrected chi connectivity index (χ2v) is 7.11. The van der Waals surface area contributed by atoms with Gasteiger partial charge in [-0.05, 0) is 13.0 Å². The van der Waals surface area contributed by atoms with E-state index in [4.69, 9.17) is 11.6 Å². The van der Waals surface area contributed by atoms with Crippen molar-refractivity contribution in [3.8, 4) is 0 Å². The summed E-state index contributed by atoms with van der Waals surface area (Å²) < 4.78 is 25.6. The molecule has 0 aliphatic carbocycles. The maximum atomic E-state index is 12.4. The molecule has 0 saturated carbocycles. The van der Waals surface area contributed by atoms with Crippen molar-refractivity contribution < 1.29 is 23.6 Å². The van der Waals surface area contributed by atoms with Crippen molar-refractivity contribution in [1.82, 2.24) is 4.31 Å². The molecule has 2 N–H and O–H groups in total. The Balaban J connectivity index is 2.49. The summed E-state index contributed by atoms with van der Waals surface area (Å²) in [7, 11) is -4.08. The highest BCUT2D eigenvalue weighted by Crippen LogP contribution is 2.31. The predicted octanol–water partition coefficient (Wildman–Crippen LogP) is 0.283. The number of nitro benzene ring substituents is 1. The first kappa shape index (κ1) is 16.1. The van der Waals surface area contributed by atoms with Crippen LogP contribution in [0.2, 0.25) is 5.02 Å². The van der Waals surface area contributed by atoms with Crippen molar-refractivity contribution in [2.45, 2.75) is 24.0 Å². The largest absolute Gasteiger partial charge is 0.389 e. The van der Waals surface area contributed by atoms with Crippen LogP contribution in [0.3, 0.4) is 0 Å². The Labute approximate surface area is 125 Å². The Kier molecular flexibility index (Phi) is 4.22. The lowest BCUT2D eigenvalue weighted by Crippen LogP contribution is -2.30. The molecule has 0 spiro atoms. The third-order valence-electron chi connectivity index (χ3n) is 3.35. The molecule has 8 nitrogen and oxygen atoms in total. The van der Waals surface area contributed by atoms with Crippen LogP contribution in [0.1, 0.15) is 5.56 Å².